The molecule has 18 heavy (non-hydrogen) atoms. The van der Waals surface area contributed by atoms with Crippen molar-refractivity contribution >= 4 is 10.8 Å². The molecule has 0 bridgehead atoms. The molecule has 2 heteroatoms. The molecule has 1 atom stereocenters. The summed E-state index contributed by atoms with van der Waals surface area (Å²) in [6.07, 6.45) is 2.79. The van der Waals surface area contributed by atoms with E-state index >= 15 is 0 Å². The number of aromatic nitrogens is 1. The van der Waals surface area contributed by atoms with Crippen LogP contribution >= 0.6 is 0 Å². The first-order chi connectivity index (χ1) is 8.84. The third-order valence-electron chi connectivity index (χ3n) is 3.11. The number of pyridine rings is 1. The van der Waals surface area contributed by atoms with Gasteiger partial charge in [0.05, 0.1) is 0 Å². The first kappa shape index (κ1) is 10.9. The van der Waals surface area contributed by atoms with E-state index < -0.39 is 6.10 Å². The molecule has 3 rings (SSSR count). The van der Waals surface area contributed by atoms with Crippen molar-refractivity contribution in [1.82, 2.24) is 4.98 Å². The molecule has 0 aliphatic heterocycles. The summed E-state index contributed by atoms with van der Waals surface area (Å²) < 4.78 is 0. The van der Waals surface area contributed by atoms with E-state index in [1.54, 1.807) is 12.4 Å². The molecule has 1 N–H and O–H groups in total. The van der Waals surface area contributed by atoms with Crippen LogP contribution in [-0.4, -0.2) is 10.1 Å². The van der Waals surface area contributed by atoms with Crippen LogP contribution in [0.3, 0.4) is 0 Å². The Morgan fingerprint density at radius 1 is 0.778 bits per heavy atom. The van der Waals surface area contributed by atoms with Gasteiger partial charge in [-0.05, 0) is 40.1 Å². The minimum Gasteiger partial charge on any atom is -0.384 e. The summed E-state index contributed by atoms with van der Waals surface area (Å²) in [6.45, 7) is 0. The summed E-state index contributed by atoms with van der Waals surface area (Å²) in [5.74, 6) is 0. The van der Waals surface area contributed by atoms with Gasteiger partial charge in [0.25, 0.3) is 0 Å². The Hall–Kier alpha value is -2.19. The van der Waals surface area contributed by atoms with Gasteiger partial charge in [-0.3, -0.25) is 4.98 Å². The highest BCUT2D eigenvalue weighted by Crippen LogP contribution is 2.24. The molecule has 0 aliphatic carbocycles. The van der Waals surface area contributed by atoms with E-state index in [0.29, 0.717) is 0 Å². The number of rotatable bonds is 2. The van der Waals surface area contributed by atoms with Gasteiger partial charge in [-0.1, -0.05) is 36.4 Å². The zero-order chi connectivity index (χ0) is 12.4. The molecule has 0 saturated carbocycles. The second-order valence-corrected chi connectivity index (χ2v) is 4.29. The lowest BCUT2D eigenvalue weighted by atomic mass is 9.99. The fourth-order valence-corrected chi connectivity index (χ4v) is 2.12. The molecule has 0 saturated heterocycles. The summed E-state index contributed by atoms with van der Waals surface area (Å²) >= 11 is 0. The monoisotopic (exact) mass is 235 g/mol. The lowest BCUT2D eigenvalue weighted by Crippen LogP contribution is -1.99. The van der Waals surface area contributed by atoms with Gasteiger partial charge in [-0.15, -0.1) is 0 Å². The van der Waals surface area contributed by atoms with Crippen molar-refractivity contribution in [2.45, 2.75) is 6.10 Å². The summed E-state index contributed by atoms with van der Waals surface area (Å²) in [6, 6.07) is 17.8. The average Bonchev–Trinajstić information content (AvgIpc) is 2.47. The molecule has 1 unspecified atom stereocenters. The second-order valence-electron chi connectivity index (χ2n) is 4.29. The van der Waals surface area contributed by atoms with Crippen LogP contribution in [0.2, 0.25) is 0 Å². The maximum atomic E-state index is 10.3. The maximum Gasteiger partial charge on any atom is 0.104 e. The summed E-state index contributed by atoms with van der Waals surface area (Å²) in [5.41, 5.74) is 1.76. The molecule has 0 fully saturated rings. The predicted molar refractivity (Wildman–Crippen MR) is 72.2 cm³/mol. The second kappa shape index (κ2) is 4.59. The fourth-order valence-electron chi connectivity index (χ4n) is 2.12. The lowest BCUT2D eigenvalue weighted by Gasteiger charge is -2.12. The Balaban J connectivity index is 2.04. The topological polar surface area (TPSA) is 33.1 Å². The number of nitrogens with zero attached hydrogens (tertiary/aromatic N) is 1. The normalized spacial score (nSPS) is 12.5. The van der Waals surface area contributed by atoms with Gasteiger partial charge in [0.15, 0.2) is 0 Å². The van der Waals surface area contributed by atoms with Gasteiger partial charge < -0.3 is 5.11 Å². The average molecular weight is 235 g/mol. The molecule has 88 valence electrons. The summed E-state index contributed by atoms with van der Waals surface area (Å²) in [7, 11) is 0. The zero-order valence-electron chi connectivity index (χ0n) is 9.82. The molecule has 1 aromatic heterocycles. The van der Waals surface area contributed by atoms with Gasteiger partial charge in [-0.25, -0.2) is 0 Å². The van der Waals surface area contributed by atoms with Crippen molar-refractivity contribution in [3.8, 4) is 0 Å². The highest BCUT2D eigenvalue weighted by molar-refractivity contribution is 5.83. The number of hydrogen-bond donors (Lipinski definition) is 1. The molecule has 1 heterocycles. The number of aliphatic hydroxyl groups is 1. The van der Waals surface area contributed by atoms with Crippen LogP contribution in [0.15, 0.2) is 67.0 Å². The van der Waals surface area contributed by atoms with Crippen LogP contribution in [0.1, 0.15) is 17.2 Å². The molecular formula is C16H13NO. The molecule has 3 aromatic rings. The van der Waals surface area contributed by atoms with Crippen LogP contribution in [0, 0.1) is 0 Å². The quantitative estimate of drug-likeness (QED) is 0.739. The number of aliphatic hydroxyl groups excluding tert-OH is 1. The smallest absolute Gasteiger partial charge is 0.104 e. The van der Waals surface area contributed by atoms with Crippen molar-refractivity contribution < 1.29 is 5.11 Å². The molecule has 0 amide bonds. The van der Waals surface area contributed by atoms with Crippen molar-refractivity contribution in [2.24, 2.45) is 0 Å². The van der Waals surface area contributed by atoms with Crippen molar-refractivity contribution in [1.29, 1.82) is 0 Å². The van der Waals surface area contributed by atoms with E-state index in [4.69, 9.17) is 0 Å². The van der Waals surface area contributed by atoms with E-state index in [1.165, 1.54) is 5.39 Å². The van der Waals surface area contributed by atoms with Crippen LogP contribution in [0.4, 0.5) is 0 Å². The Morgan fingerprint density at radius 3 is 2.28 bits per heavy atom. The lowest BCUT2D eigenvalue weighted by molar-refractivity contribution is 0.220. The summed E-state index contributed by atoms with van der Waals surface area (Å²) in [4.78, 5) is 3.96. The first-order valence-electron chi connectivity index (χ1n) is 5.91. The van der Waals surface area contributed by atoms with Crippen molar-refractivity contribution in [3.05, 3.63) is 78.1 Å². The molecule has 0 radical (unpaired) electrons. The fraction of sp³-hybridized carbons (Fsp3) is 0.0625. The van der Waals surface area contributed by atoms with Gasteiger partial charge in [-0.2, -0.15) is 0 Å². The van der Waals surface area contributed by atoms with E-state index in [1.807, 2.05) is 42.5 Å². The standard InChI is InChI=1S/C16H13NO/c18-16(13-7-9-17-10-8-13)15-6-5-12-3-1-2-4-14(12)11-15/h1-11,16,18H. The largest absolute Gasteiger partial charge is 0.384 e. The van der Waals surface area contributed by atoms with E-state index in [2.05, 4.69) is 17.1 Å². The Morgan fingerprint density at radius 2 is 1.50 bits per heavy atom. The van der Waals surface area contributed by atoms with Crippen LogP contribution in [0.5, 0.6) is 0 Å². The van der Waals surface area contributed by atoms with Crippen molar-refractivity contribution in [2.75, 3.05) is 0 Å². The third-order valence-corrected chi connectivity index (χ3v) is 3.11. The van der Waals surface area contributed by atoms with E-state index in [0.717, 1.165) is 16.5 Å². The van der Waals surface area contributed by atoms with E-state index in [9.17, 15) is 5.11 Å². The van der Waals surface area contributed by atoms with Gasteiger partial charge in [0.2, 0.25) is 0 Å². The first-order valence-corrected chi connectivity index (χ1v) is 5.91. The minimum atomic E-state index is -0.599. The molecule has 2 nitrogen and oxygen atoms in total. The number of fused-ring (bicyclic) bond motifs is 1. The molecular weight excluding hydrogens is 222 g/mol. The Kier molecular flexibility index (Phi) is 2.79. The van der Waals surface area contributed by atoms with Gasteiger partial charge in [0, 0.05) is 12.4 Å². The Bertz CT molecular complexity index is 664. The van der Waals surface area contributed by atoms with Gasteiger partial charge >= 0.3 is 0 Å². The van der Waals surface area contributed by atoms with Crippen LogP contribution in [-0.2, 0) is 0 Å². The van der Waals surface area contributed by atoms with Crippen LogP contribution in [0.25, 0.3) is 10.8 Å². The molecule has 0 aliphatic rings. The maximum absolute atomic E-state index is 10.3. The zero-order valence-corrected chi connectivity index (χ0v) is 9.82. The van der Waals surface area contributed by atoms with Crippen LogP contribution < -0.4 is 0 Å². The number of hydrogen-bond acceptors (Lipinski definition) is 2. The summed E-state index contributed by atoms with van der Waals surface area (Å²) in [5, 5.41) is 12.6. The number of benzene rings is 2. The highest BCUT2D eigenvalue weighted by Gasteiger charge is 2.10. The SMILES string of the molecule is OC(c1ccncc1)c1ccc2ccccc2c1. The van der Waals surface area contributed by atoms with E-state index in [-0.39, 0.29) is 0 Å². The Labute approximate surface area is 106 Å². The molecule has 0 spiro atoms. The molecule has 2 aromatic carbocycles. The predicted octanol–water partition coefficient (Wildman–Crippen LogP) is 3.32. The third kappa shape index (κ3) is 1.98. The highest BCUT2D eigenvalue weighted by atomic mass is 16.3. The van der Waals surface area contributed by atoms with Crippen molar-refractivity contribution in [3.63, 3.8) is 0 Å². The van der Waals surface area contributed by atoms with Gasteiger partial charge in [0.1, 0.15) is 6.10 Å². The minimum absolute atomic E-state index is 0.599.